The van der Waals surface area contributed by atoms with Crippen molar-refractivity contribution >= 4 is 0 Å². The molecule has 0 unspecified atom stereocenters. The maximum absolute atomic E-state index is 4.60. The molecule has 0 saturated heterocycles. The molecule has 1 aromatic carbocycles. The molecule has 0 aliphatic rings. The van der Waals surface area contributed by atoms with E-state index in [-0.39, 0.29) is 0 Å². The molecule has 2 rings (SSSR count). The largest absolute Gasteiger partial charge is 0.316 e. The summed E-state index contributed by atoms with van der Waals surface area (Å²) < 4.78 is 1.98. The van der Waals surface area contributed by atoms with Crippen molar-refractivity contribution in [1.29, 1.82) is 0 Å². The minimum absolute atomic E-state index is 0.872. The van der Waals surface area contributed by atoms with Gasteiger partial charge in [0.1, 0.15) is 5.82 Å². The van der Waals surface area contributed by atoms with E-state index in [0.717, 1.165) is 36.7 Å². The van der Waals surface area contributed by atoms with Gasteiger partial charge in [-0.15, -0.1) is 0 Å². The van der Waals surface area contributed by atoms with E-state index < -0.39 is 0 Å². The van der Waals surface area contributed by atoms with Crippen molar-refractivity contribution in [2.75, 3.05) is 7.05 Å². The van der Waals surface area contributed by atoms with Crippen molar-refractivity contribution in [3.63, 3.8) is 0 Å². The Bertz CT molecular complexity index is 557. The number of benzene rings is 1. The van der Waals surface area contributed by atoms with Crippen LogP contribution in [-0.2, 0) is 19.4 Å². The van der Waals surface area contributed by atoms with Crippen molar-refractivity contribution < 1.29 is 0 Å². The van der Waals surface area contributed by atoms with Gasteiger partial charge in [0, 0.05) is 19.4 Å². The number of hydrogen-bond donors (Lipinski definition) is 1. The van der Waals surface area contributed by atoms with Gasteiger partial charge in [0.2, 0.25) is 0 Å². The molecule has 19 heavy (non-hydrogen) atoms. The zero-order chi connectivity index (χ0) is 13.8. The Morgan fingerprint density at radius 3 is 2.58 bits per heavy atom. The van der Waals surface area contributed by atoms with Crippen molar-refractivity contribution in [2.45, 2.75) is 40.2 Å². The van der Waals surface area contributed by atoms with Crippen LogP contribution in [0.4, 0.5) is 0 Å². The van der Waals surface area contributed by atoms with E-state index in [1.165, 1.54) is 11.1 Å². The highest BCUT2D eigenvalue weighted by molar-refractivity contribution is 5.42. The Kier molecular flexibility index (Phi) is 4.32. The first-order valence-corrected chi connectivity index (χ1v) is 6.88. The van der Waals surface area contributed by atoms with Crippen molar-refractivity contribution in [3.8, 4) is 5.69 Å². The zero-order valence-corrected chi connectivity index (χ0v) is 12.2. The van der Waals surface area contributed by atoms with E-state index in [0.29, 0.717) is 0 Å². The smallest absolute Gasteiger partial charge is 0.151 e. The maximum atomic E-state index is 4.60. The molecule has 1 aromatic heterocycles. The summed E-state index contributed by atoms with van der Waals surface area (Å²) in [6.07, 6.45) is 1.77. The average molecular weight is 258 g/mol. The molecule has 4 heteroatoms. The number of rotatable bonds is 5. The predicted molar refractivity (Wildman–Crippen MR) is 77.6 cm³/mol. The van der Waals surface area contributed by atoms with Gasteiger partial charge in [-0.25, -0.2) is 9.67 Å². The Hall–Kier alpha value is -1.68. The summed E-state index contributed by atoms with van der Waals surface area (Å²) in [5.74, 6) is 1.94. The first-order valence-electron chi connectivity index (χ1n) is 6.88. The van der Waals surface area contributed by atoms with Gasteiger partial charge in [0.15, 0.2) is 5.82 Å². The summed E-state index contributed by atoms with van der Waals surface area (Å²) >= 11 is 0. The quantitative estimate of drug-likeness (QED) is 0.895. The molecular weight excluding hydrogens is 236 g/mol. The van der Waals surface area contributed by atoms with Gasteiger partial charge in [0.25, 0.3) is 0 Å². The predicted octanol–water partition coefficient (Wildman–Crippen LogP) is 2.42. The second kappa shape index (κ2) is 5.97. The molecule has 102 valence electrons. The van der Waals surface area contributed by atoms with Gasteiger partial charge in [-0.1, -0.05) is 26.0 Å². The lowest BCUT2D eigenvalue weighted by atomic mass is 10.1. The van der Waals surface area contributed by atoms with Crippen LogP contribution in [0, 0.1) is 6.92 Å². The number of hydrogen-bond acceptors (Lipinski definition) is 3. The highest BCUT2D eigenvalue weighted by Crippen LogP contribution is 2.17. The number of aryl methyl sites for hydroxylation is 3. The van der Waals surface area contributed by atoms with Crippen molar-refractivity contribution in [3.05, 3.63) is 41.0 Å². The van der Waals surface area contributed by atoms with Crippen LogP contribution in [0.2, 0.25) is 0 Å². The van der Waals surface area contributed by atoms with Crippen LogP contribution >= 0.6 is 0 Å². The van der Waals surface area contributed by atoms with Crippen LogP contribution in [-0.4, -0.2) is 21.8 Å². The second-order valence-corrected chi connectivity index (χ2v) is 4.71. The van der Waals surface area contributed by atoms with Gasteiger partial charge < -0.3 is 5.32 Å². The van der Waals surface area contributed by atoms with E-state index in [9.17, 15) is 0 Å². The molecule has 0 saturated carbocycles. The molecule has 0 atom stereocenters. The van der Waals surface area contributed by atoms with Gasteiger partial charge in [-0.05, 0) is 31.2 Å². The summed E-state index contributed by atoms with van der Waals surface area (Å²) in [5, 5.41) is 7.77. The fraction of sp³-hybridized carbons (Fsp3) is 0.467. The molecular formula is C15H22N4. The standard InChI is InChI=1S/C15H22N4/c1-5-14-17-15(6-2)19(18-14)13-8-7-12(10-16-4)9-11(13)3/h7-9,16H,5-6,10H2,1-4H3. The third-order valence-electron chi connectivity index (χ3n) is 3.22. The normalized spacial score (nSPS) is 10.9. The molecule has 4 nitrogen and oxygen atoms in total. The third-order valence-corrected chi connectivity index (χ3v) is 3.22. The minimum atomic E-state index is 0.872. The maximum Gasteiger partial charge on any atom is 0.151 e. The molecule has 0 amide bonds. The summed E-state index contributed by atoms with van der Waals surface area (Å²) in [5.41, 5.74) is 3.65. The first-order chi connectivity index (χ1) is 9.19. The zero-order valence-electron chi connectivity index (χ0n) is 12.2. The van der Waals surface area contributed by atoms with Crippen LogP contribution in [0.3, 0.4) is 0 Å². The summed E-state index contributed by atoms with van der Waals surface area (Å²) in [6.45, 7) is 7.22. The Labute approximate surface area is 114 Å². The number of nitrogens with one attached hydrogen (secondary N) is 1. The van der Waals surface area contributed by atoms with Crippen LogP contribution < -0.4 is 5.32 Å². The van der Waals surface area contributed by atoms with Crippen LogP contribution in [0.1, 0.15) is 36.6 Å². The van der Waals surface area contributed by atoms with E-state index in [4.69, 9.17) is 0 Å². The molecule has 2 aromatic rings. The van der Waals surface area contributed by atoms with Crippen LogP contribution in [0.5, 0.6) is 0 Å². The monoisotopic (exact) mass is 258 g/mol. The molecule has 0 aliphatic heterocycles. The molecule has 0 aliphatic carbocycles. The van der Waals surface area contributed by atoms with E-state index in [2.05, 4.69) is 54.4 Å². The van der Waals surface area contributed by atoms with Gasteiger partial charge in [0.05, 0.1) is 5.69 Å². The Morgan fingerprint density at radius 2 is 2.00 bits per heavy atom. The third kappa shape index (κ3) is 2.84. The van der Waals surface area contributed by atoms with Gasteiger partial charge in [-0.3, -0.25) is 0 Å². The second-order valence-electron chi connectivity index (χ2n) is 4.71. The van der Waals surface area contributed by atoms with Crippen LogP contribution in [0.25, 0.3) is 5.69 Å². The summed E-state index contributed by atoms with van der Waals surface area (Å²) in [6, 6.07) is 6.49. The molecule has 0 spiro atoms. The topological polar surface area (TPSA) is 42.7 Å². The van der Waals surface area contributed by atoms with E-state index >= 15 is 0 Å². The van der Waals surface area contributed by atoms with Crippen molar-refractivity contribution in [1.82, 2.24) is 20.1 Å². The first kappa shape index (κ1) is 13.7. The fourth-order valence-electron chi connectivity index (χ4n) is 2.23. The number of nitrogens with zero attached hydrogens (tertiary/aromatic N) is 3. The number of aromatic nitrogens is 3. The van der Waals surface area contributed by atoms with Crippen LogP contribution in [0.15, 0.2) is 18.2 Å². The SMILES string of the molecule is CCc1nc(CC)n(-c2ccc(CNC)cc2C)n1. The highest BCUT2D eigenvalue weighted by atomic mass is 15.3. The molecule has 1 heterocycles. The Morgan fingerprint density at radius 1 is 1.21 bits per heavy atom. The molecule has 1 N–H and O–H groups in total. The summed E-state index contributed by atoms with van der Waals surface area (Å²) in [4.78, 5) is 4.56. The summed E-state index contributed by atoms with van der Waals surface area (Å²) in [7, 11) is 1.96. The lowest BCUT2D eigenvalue weighted by molar-refractivity contribution is 0.781. The fourth-order valence-corrected chi connectivity index (χ4v) is 2.23. The lowest BCUT2D eigenvalue weighted by Crippen LogP contribution is -2.08. The molecule has 0 fully saturated rings. The average Bonchev–Trinajstić information content (AvgIpc) is 2.82. The van der Waals surface area contributed by atoms with E-state index in [1.54, 1.807) is 0 Å². The minimum Gasteiger partial charge on any atom is -0.316 e. The molecule has 0 bridgehead atoms. The Balaban J connectivity index is 2.43. The molecule has 0 radical (unpaired) electrons. The van der Waals surface area contributed by atoms with Gasteiger partial charge in [-0.2, -0.15) is 5.10 Å². The van der Waals surface area contributed by atoms with Crippen molar-refractivity contribution in [2.24, 2.45) is 0 Å². The lowest BCUT2D eigenvalue weighted by Gasteiger charge is -2.10. The highest BCUT2D eigenvalue weighted by Gasteiger charge is 2.11. The van der Waals surface area contributed by atoms with Gasteiger partial charge >= 0.3 is 0 Å². The van der Waals surface area contributed by atoms with E-state index in [1.807, 2.05) is 11.7 Å².